The van der Waals surface area contributed by atoms with E-state index in [0.29, 0.717) is 5.11 Å². The first-order chi connectivity index (χ1) is 7.72. The Kier molecular flexibility index (Phi) is 5.22. The largest absolute Gasteiger partial charge is 0.364 e. The highest BCUT2D eigenvalue weighted by Gasteiger charge is 1.88. The Morgan fingerprint density at radius 1 is 1.31 bits per heavy atom. The normalized spacial score (nSPS) is 11.5. The van der Waals surface area contributed by atoms with E-state index in [2.05, 4.69) is 15.8 Å². The van der Waals surface area contributed by atoms with E-state index in [0.717, 1.165) is 11.3 Å². The van der Waals surface area contributed by atoms with Gasteiger partial charge in [0.05, 0.1) is 5.71 Å². The highest BCUT2D eigenvalue weighted by Crippen LogP contribution is 2.00. The minimum Gasteiger partial charge on any atom is -0.364 e. The molecular weight excluding hydrogens is 218 g/mol. The molecule has 0 fully saturated rings. The van der Waals surface area contributed by atoms with Crippen molar-refractivity contribution in [1.82, 2.24) is 10.7 Å². The molecule has 0 spiro atoms. The number of rotatable bonds is 3. The van der Waals surface area contributed by atoms with Gasteiger partial charge in [0, 0.05) is 7.05 Å². The third kappa shape index (κ3) is 4.70. The smallest absolute Gasteiger partial charge is 0.186 e. The van der Waals surface area contributed by atoms with Gasteiger partial charge in [-0.25, -0.2) is 0 Å². The van der Waals surface area contributed by atoms with Crippen molar-refractivity contribution in [2.24, 2.45) is 5.10 Å². The molecule has 0 atom stereocenters. The summed E-state index contributed by atoms with van der Waals surface area (Å²) >= 11 is 4.90. The van der Waals surface area contributed by atoms with E-state index in [9.17, 15) is 0 Å². The lowest BCUT2D eigenvalue weighted by Crippen LogP contribution is -2.28. The Morgan fingerprint density at radius 3 is 2.62 bits per heavy atom. The second kappa shape index (κ2) is 6.74. The summed E-state index contributed by atoms with van der Waals surface area (Å²) in [4.78, 5) is 0. The van der Waals surface area contributed by atoms with Crippen LogP contribution in [-0.4, -0.2) is 17.9 Å². The summed E-state index contributed by atoms with van der Waals surface area (Å²) in [6.07, 6.45) is 3.93. The highest BCUT2D eigenvalue weighted by atomic mass is 32.1. The topological polar surface area (TPSA) is 36.4 Å². The zero-order valence-electron chi connectivity index (χ0n) is 9.40. The quantitative estimate of drug-likeness (QED) is 0.477. The van der Waals surface area contributed by atoms with Crippen molar-refractivity contribution in [1.29, 1.82) is 0 Å². The molecule has 0 bridgehead atoms. The van der Waals surface area contributed by atoms with Crippen LogP contribution in [0.2, 0.25) is 0 Å². The fourth-order valence-electron chi connectivity index (χ4n) is 1.01. The van der Waals surface area contributed by atoms with Gasteiger partial charge in [0.1, 0.15) is 0 Å². The summed E-state index contributed by atoms with van der Waals surface area (Å²) < 4.78 is 0. The van der Waals surface area contributed by atoms with Crippen molar-refractivity contribution in [3.63, 3.8) is 0 Å². The van der Waals surface area contributed by atoms with Crippen molar-refractivity contribution in [2.45, 2.75) is 6.92 Å². The average molecular weight is 233 g/mol. The van der Waals surface area contributed by atoms with Gasteiger partial charge in [-0.15, -0.1) is 0 Å². The van der Waals surface area contributed by atoms with Crippen LogP contribution in [0.4, 0.5) is 0 Å². The first-order valence-electron chi connectivity index (χ1n) is 4.97. The number of thiocarbonyl (C=S) groups is 1. The molecule has 1 aromatic rings. The molecule has 0 saturated carbocycles. The lowest BCUT2D eigenvalue weighted by Gasteiger charge is -2.00. The molecule has 0 unspecified atom stereocenters. The van der Waals surface area contributed by atoms with Crippen molar-refractivity contribution in [2.75, 3.05) is 7.05 Å². The van der Waals surface area contributed by atoms with Crippen LogP contribution < -0.4 is 10.7 Å². The van der Waals surface area contributed by atoms with Crippen molar-refractivity contribution in [3.05, 3.63) is 42.0 Å². The van der Waals surface area contributed by atoms with Crippen molar-refractivity contribution >= 4 is 29.1 Å². The van der Waals surface area contributed by atoms with Gasteiger partial charge in [-0.05, 0) is 30.8 Å². The predicted molar refractivity (Wildman–Crippen MR) is 73.4 cm³/mol. The summed E-state index contributed by atoms with van der Waals surface area (Å²) in [5.41, 5.74) is 4.73. The van der Waals surface area contributed by atoms with E-state index in [4.69, 9.17) is 12.2 Å². The minimum absolute atomic E-state index is 0.507. The van der Waals surface area contributed by atoms with Crippen LogP contribution in [0.25, 0.3) is 6.08 Å². The van der Waals surface area contributed by atoms with Crippen LogP contribution in [-0.2, 0) is 0 Å². The molecule has 84 valence electrons. The van der Waals surface area contributed by atoms with E-state index in [1.54, 1.807) is 7.05 Å². The molecule has 3 nitrogen and oxygen atoms in total. The number of hydrogen-bond donors (Lipinski definition) is 2. The molecule has 0 radical (unpaired) electrons. The standard InChI is InChI=1S/C12H15N3S/c1-10(14-15-12(16)13-2)8-9-11-6-4-3-5-7-11/h3-9H,1-2H3,(H2,13,15,16)/b9-8+,14-10+. The number of hydrazone groups is 1. The average Bonchev–Trinajstić information content (AvgIpc) is 2.34. The van der Waals surface area contributed by atoms with Crippen LogP contribution in [0.15, 0.2) is 41.5 Å². The molecule has 0 aromatic heterocycles. The van der Waals surface area contributed by atoms with E-state index in [1.165, 1.54) is 0 Å². The number of nitrogens with one attached hydrogen (secondary N) is 2. The minimum atomic E-state index is 0.507. The second-order valence-electron chi connectivity index (χ2n) is 3.19. The maximum Gasteiger partial charge on any atom is 0.186 e. The molecule has 0 amide bonds. The van der Waals surface area contributed by atoms with Crippen LogP contribution >= 0.6 is 12.2 Å². The maximum atomic E-state index is 4.90. The van der Waals surface area contributed by atoms with Gasteiger partial charge in [-0.1, -0.05) is 36.4 Å². The second-order valence-corrected chi connectivity index (χ2v) is 3.60. The van der Waals surface area contributed by atoms with E-state index in [-0.39, 0.29) is 0 Å². The molecule has 0 aliphatic carbocycles. The van der Waals surface area contributed by atoms with Crippen molar-refractivity contribution in [3.8, 4) is 0 Å². The molecule has 4 heteroatoms. The third-order valence-electron chi connectivity index (χ3n) is 1.88. The summed E-state index contributed by atoms with van der Waals surface area (Å²) in [6.45, 7) is 1.91. The monoisotopic (exact) mass is 233 g/mol. The van der Waals surface area contributed by atoms with Gasteiger partial charge in [0.25, 0.3) is 0 Å². The first kappa shape index (κ1) is 12.4. The zero-order chi connectivity index (χ0) is 11.8. The highest BCUT2D eigenvalue weighted by molar-refractivity contribution is 7.80. The number of nitrogens with zero attached hydrogens (tertiary/aromatic N) is 1. The summed E-state index contributed by atoms with van der Waals surface area (Å²) in [6, 6.07) is 10.1. The number of benzene rings is 1. The molecule has 0 aliphatic heterocycles. The van der Waals surface area contributed by atoms with Gasteiger partial charge in [-0.2, -0.15) is 5.10 Å². The van der Waals surface area contributed by atoms with Gasteiger partial charge >= 0.3 is 0 Å². The van der Waals surface area contributed by atoms with E-state index < -0.39 is 0 Å². The molecule has 0 heterocycles. The Balaban J connectivity index is 2.54. The molecule has 1 rings (SSSR count). The molecule has 2 N–H and O–H groups in total. The summed E-state index contributed by atoms with van der Waals surface area (Å²) in [5, 5.41) is 7.38. The van der Waals surface area contributed by atoms with Crippen LogP contribution in [0, 0.1) is 0 Å². The third-order valence-corrected chi connectivity index (χ3v) is 2.17. The number of hydrogen-bond acceptors (Lipinski definition) is 2. The van der Waals surface area contributed by atoms with Crippen LogP contribution in [0.1, 0.15) is 12.5 Å². The fraction of sp³-hybridized carbons (Fsp3) is 0.167. The van der Waals surface area contributed by atoms with Crippen LogP contribution in [0.3, 0.4) is 0 Å². The van der Waals surface area contributed by atoms with Gasteiger partial charge in [0.2, 0.25) is 0 Å². The lowest BCUT2D eigenvalue weighted by molar-refractivity contribution is 0.975. The molecule has 0 saturated heterocycles. The molecular formula is C12H15N3S. The number of allylic oxidation sites excluding steroid dienone is 1. The van der Waals surface area contributed by atoms with E-state index in [1.807, 2.05) is 49.4 Å². The van der Waals surface area contributed by atoms with E-state index >= 15 is 0 Å². The zero-order valence-corrected chi connectivity index (χ0v) is 10.2. The lowest BCUT2D eigenvalue weighted by atomic mass is 10.2. The van der Waals surface area contributed by atoms with Gasteiger partial charge in [-0.3, -0.25) is 5.43 Å². The van der Waals surface area contributed by atoms with Crippen molar-refractivity contribution < 1.29 is 0 Å². The first-order valence-corrected chi connectivity index (χ1v) is 5.38. The Hall–Kier alpha value is -1.68. The summed E-state index contributed by atoms with van der Waals surface area (Å²) in [5.74, 6) is 0. The predicted octanol–water partition coefficient (Wildman–Crippen LogP) is 2.17. The maximum absolute atomic E-state index is 4.90. The molecule has 0 aliphatic rings. The SMILES string of the molecule is CNC(=S)N/N=C(C)/C=C/c1ccccc1. The Bertz CT molecular complexity index is 396. The Morgan fingerprint density at radius 2 is 2.00 bits per heavy atom. The molecule has 16 heavy (non-hydrogen) atoms. The van der Waals surface area contributed by atoms with Gasteiger partial charge < -0.3 is 5.32 Å². The fourth-order valence-corrected chi connectivity index (χ4v) is 1.06. The van der Waals surface area contributed by atoms with Crippen LogP contribution in [0.5, 0.6) is 0 Å². The Labute approximate surface area is 101 Å². The molecule has 1 aromatic carbocycles. The summed E-state index contributed by atoms with van der Waals surface area (Å²) in [7, 11) is 1.75. The van der Waals surface area contributed by atoms with Gasteiger partial charge in [0.15, 0.2) is 5.11 Å².